The number of aryl methyl sites for hydroxylation is 1. The SMILES string of the molecule is CC(NC(=O)c1cc(C(F)(F)F)nn1C)c1cccc(-n2cccc2)c1. The average Bonchev–Trinajstić information content (AvgIpc) is 3.24. The van der Waals surface area contributed by atoms with E-state index in [4.69, 9.17) is 0 Å². The Morgan fingerprint density at radius 2 is 1.85 bits per heavy atom. The van der Waals surface area contributed by atoms with Crippen LogP contribution in [-0.2, 0) is 13.2 Å². The van der Waals surface area contributed by atoms with Crippen molar-refractivity contribution in [1.29, 1.82) is 0 Å². The number of nitrogens with one attached hydrogen (secondary N) is 1. The van der Waals surface area contributed by atoms with Crippen LogP contribution in [0.15, 0.2) is 54.9 Å². The lowest BCUT2D eigenvalue weighted by atomic mass is 10.1. The van der Waals surface area contributed by atoms with Gasteiger partial charge in [0.15, 0.2) is 5.69 Å². The maximum atomic E-state index is 12.7. The van der Waals surface area contributed by atoms with Crippen LogP contribution in [0.5, 0.6) is 0 Å². The molecule has 136 valence electrons. The van der Waals surface area contributed by atoms with Crippen molar-refractivity contribution in [3.8, 4) is 5.69 Å². The highest BCUT2D eigenvalue weighted by Gasteiger charge is 2.35. The molecule has 0 aliphatic heterocycles. The molecule has 1 aromatic carbocycles. The molecule has 0 bridgehead atoms. The number of alkyl halides is 3. The summed E-state index contributed by atoms with van der Waals surface area (Å²) in [5, 5.41) is 6.07. The molecule has 0 aliphatic rings. The number of hydrogen-bond acceptors (Lipinski definition) is 2. The second kappa shape index (κ2) is 6.70. The molecule has 26 heavy (non-hydrogen) atoms. The lowest BCUT2D eigenvalue weighted by Crippen LogP contribution is -2.28. The largest absolute Gasteiger partial charge is 0.435 e. The molecule has 1 amide bonds. The van der Waals surface area contributed by atoms with Crippen molar-refractivity contribution in [2.24, 2.45) is 7.05 Å². The standard InChI is InChI=1S/C18H17F3N4O/c1-12(13-6-5-7-14(10-13)25-8-3-4-9-25)22-17(26)15-11-16(18(19,20)21)23-24(15)2/h3-12H,1-2H3,(H,22,26). The Morgan fingerprint density at radius 1 is 1.15 bits per heavy atom. The van der Waals surface area contributed by atoms with Gasteiger partial charge in [0.25, 0.3) is 5.91 Å². The maximum Gasteiger partial charge on any atom is 0.435 e. The van der Waals surface area contributed by atoms with Crippen LogP contribution in [0.3, 0.4) is 0 Å². The van der Waals surface area contributed by atoms with Crippen LogP contribution in [0.1, 0.15) is 34.7 Å². The molecule has 2 heterocycles. The summed E-state index contributed by atoms with van der Waals surface area (Å²) in [5.41, 5.74) is 0.523. The summed E-state index contributed by atoms with van der Waals surface area (Å²) in [7, 11) is 1.31. The first kappa shape index (κ1) is 17.8. The fraction of sp³-hybridized carbons (Fsp3) is 0.222. The van der Waals surface area contributed by atoms with Crippen LogP contribution in [0.2, 0.25) is 0 Å². The second-order valence-corrected chi connectivity index (χ2v) is 5.92. The van der Waals surface area contributed by atoms with Crippen LogP contribution >= 0.6 is 0 Å². The number of carbonyl (C=O) groups is 1. The molecule has 1 N–H and O–H groups in total. The molecule has 8 heteroatoms. The summed E-state index contributed by atoms with van der Waals surface area (Å²) in [6.45, 7) is 1.77. The number of hydrogen-bond donors (Lipinski definition) is 1. The molecule has 0 radical (unpaired) electrons. The van der Waals surface area contributed by atoms with E-state index in [1.165, 1.54) is 7.05 Å². The van der Waals surface area contributed by atoms with E-state index in [2.05, 4.69) is 10.4 Å². The Balaban J connectivity index is 1.78. The molecule has 0 fully saturated rings. The van der Waals surface area contributed by atoms with Crippen LogP contribution in [0.25, 0.3) is 5.69 Å². The topological polar surface area (TPSA) is 51.9 Å². The fourth-order valence-electron chi connectivity index (χ4n) is 2.63. The van der Waals surface area contributed by atoms with E-state index in [9.17, 15) is 18.0 Å². The maximum absolute atomic E-state index is 12.7. The third-order valence-corrected chi connectivity index (χ3v) is 4.02. The van der Waals surface area contributed by atoms with E-state index in [-0.39, 0.29) is 11.7 Å². The quantitative estimate of drug-likeness (QED) is 0.769. The monoisotopic (exact) mass is 362 g/mol. The lowest BCUT2D eigenvalue weighted by molar-refractivity contribution is -0.141. The van der Waals surface area contributed by atoms with E-state index in [0.29, 0.717) is 0 Å². The van der Waals surface area contributed by atoms with E-state index in [0.717, 1.165) is 22.0 Å². The first-order valence-electron chi connectivity index (χ1n) is 7.91. The third kappa shape index (κ3) is 3.63. The van der Waals surface area contributed by atoms with Crippen molar-refractivity contribution >= 4 is 5.91 Å². The molecule has 5 nitrogen and oxygen atoms in total. The van der Waals surface area contributed by atoms with Crippen molar-refractivity contribution < 1.29 is 18.0 Å². The summed E-state index contributed by atoms with van der Waals surface area (Å²) < 4.78 is 41.1. The predicted molar refractivity (Wildman–Crippen MR) is 89.9 cm³/mol. The number of amides is 1. The van der Waals surface area contributed by atoms with E-state index >= 15 is 0 Å². The summed E-state index contributed by atoms with van der Waals surface area (Å²) >= 11 is 0. The highest BCUT2D eigenvalue weighted by molar-refractivity contribution is 5.93. The second-order valence-electron chi connectivity index (χ2n) is 5.92. The first-order chi connectivity index (χ1) is 12.3. The molecular formula is C18H17F3N4O. The van der Waals surface area contributed by atoms with Gasteiger partial charge in [-0.05, 0) is 36.8 Å². The minimum Gasteiger partial charge on any atom is -0.344 e. The van der Waals surface area contributed by atoms with Gasteiger partial charge in [0, 0.05) is 31.2 Å². The Kier molecular flexibility index (Phi) is 4.58. The van der Waals surface area contributed by atoms with Gasteiger partial charge in [-0.25, -0.2) is 0 Å². The zero-order valence-corrected chi connectivity index (χ0v) is 14.2. The first-order valence-corrected chi connectivity index (χ1v) is 7.91. The van der Waals surface area contributed by atoms with Gasteiger partial charge >= 0.3 is 6.18 Å². The van der Waals surface area contributed by atoms with Crippen LogP contribution in [0, 0.1) is 0 Å². The van der Waals surface area contributed by atoms with Crippen LogP contribution in [-0.4, -0.2) is 20.3 Å². The molecule has 0 saturated heterocycles. The number of carbonyl (C=O) groups excluding carboxylic acids is 1. The van der Waals surface area contributed by atoms with E-state index < -0.39 is 17.8 Å². The number of halogens is 3. The average molecular weight is 362 g/mol. The molecule has 2 aromatic heterocycles. The smallest absolute Gasteiger partial charge is 0.344 e. The fourth-order valence-corrected chi connectivity index (χ4v) is 2.63. The van der Waals surface area contributed by atoms with Gasteiger partial charge in [0.05, 0.1) is 6.04 Å². The molecule has 0 aliphatic carbocycles. The predicted octanol–water partition coefficient (Wildman–Crippen LogP) is 3.72. The molecule has 3 rings (SSSR count). The highest BCUT2D eigenvalue weighted by atomic mass is 19.4. The Bertz CT molecular complexity index is 913. The van der Waals surface area contributed by atoms with Crippen LogP contribution < -0.4 is 5.32 Å². The van der Waals surface area contributed by atoms with Gasteiger partial charge in [0.2, 0.25) is 0 Å². The van der Waals surface area contributed by atoms with Gasteiger partial charge in [0.1, 0.15) is 5.69 Å². The Morgan fingerprint density at radius 3 is 2.46 bits per heavy atom. The third-order valence-electron chi connectivity index (χ3n) is 4.02. The minimum atomic E-state index is -4.59. The van der Waals surface area contributed by atoms with Crippen molar-refractivity contribution in [2.75, 3.05) is 0 Å². The van der Waals surface area contributed by atoms with Gasteiger partial charge in [-0.1, -0.05) is 12.1 Å². The van der Waals surface area contributed by atoms with Gasteiger partial charge in [-0.2, -0.15) is 18.3 Å². The Hall–Kier alpha value is -3.03. The molecule has 0 saturated carbocycles. The zero-order valence-electron chi connectivity index (χ0n) is 14.2. The molecule has 0 spiro atoms. The summed E-state index contributed by atoms with van der Waals surface area (Å²) in [4.78, 5) is 12.4. The summed E-state index contributed by atoms with van der Waals surface area (Å²) in [5.74, 6) is -0.616. The molecule has 1 atom stereocenters. The number of benzene rings is 1. The van der Waals surface area contributed by atoms with E-state index in [1.807, 2.05) is 53.4 Å². The molecular weight excluding hydrogens is 345 g/mol. The number of rotatable bonds is 4. The summed E-state index contributed by atoms with van der Waals surface area (Å²) in [6.07, 6.45) is -0.791. The minimum absolute atomic E-state index is 0.147. The normalized spacial score (nSPS) is 12.8. The number of aromatic nitrogens is 3. The molecule has 1 unspecified atom stereocenters. The Labute approximate surface area is 148 Å². The highest BCUT2D eigenvalue weighted by Crippen LogP contribution is 2.28. The number of nitrogens with zero attached hydrogens (tertiary/aromatic N) is 3. The van der Waals surface area contributed by atoms with Crippen molar-refractivity contribution in [3.05, 3.63) is 71.8 Å². The van der Waals surface area contributed by atoms with Crippen molar-refractivity contribution in [3.63, 3.8) is 0 Å². The van der Waals surface area contributed by atoms with Gasteiger partial charge in [-0.3, -0.25) is 9.48 Å². The van der Waals surface area contributed by atoms with Gasteiger partial charge < -0.3 is 9.88 Å². The van der Waals surface area contributed by atoms with Gasteiger partial charge in [-0.15, -0.1) is 0 Å². The van der Waals surface area contributed by atoms with Crippen molar-refractivity contribution in [1.82, 2.24) is 19.7 Å². The van der Waals surface area contributed by atoms with Crippen LogP contribution in [0.4, 0.5) is 13.2 Å². The lowest BCUT2D eigenvalue weighted by Gasteiger charge is -2.15. The van der Waals surface area contributed by atoms with Crippen molar-refractivity contribution in [2.45, 2.75) is 19.1 Å². The summed E-state index contributed by atoms with van der Waals surface area (Å²) in [6, 6.07) is 11.7. The van der Waals surface area contributed by atoms with E-state index in [1.54, 1.807) is 6.92 Å². The molecule has 3 aromatic rings. The zero-order chi connectivity index (χ0) is 18.9.